The minimum Gasteiger partial charge on any atom is -0.312 e. The Balaban J connectivity index is 1.39. The van der Waals surface area contributed by atoms with Crippen LogP contribution in [0.3, 0.4) is 0 Å². The topological polar surface area (TPSA) is 109 Å². The molecule has 1 unspecified atom stereocenters. The lowest BCUT2D eigenvalue weighted by Crippen LogP contribution is -2.24. The van der Waals surface area contributed by atoms with Gasteiger partial charge >= 0.3 is 0 Å². The Labute approximate surface area is 194 Å². The van der Waals surface area contributed by atoms with Crippen LogP contribution in [0.1, 0.15) is 22.9 Å². The second-order valence-electron chi connectivity index (χ2n) is 7.45. The van der Waals surface area contributed by atoms with Gasteiger partial charge in [-0.3, -0.25) is 14.9 Å². The zero-order valence-corrected chi connectivity index (χ0v) is 19.4. The predicted molar refractivity (Wildman–Crippen MR) is 123 cm³/mol. The zero-order valence-electron chi connectivity index (χ0n) is 17.0. The fraction of sp³-hybridized carbons (Fsp3) is 0.238. The minimum absolute atomic E-state index is 0.0395. The Bertz CT molecular complexity index is 1260. The molecule has 4 rings (SSSR count). The first-order valence-corrected chi connectivity index (χ1v) is 12.5. The largest absolute Gasteiger partial charge is 0.312 e. The van der Waals surface area contributed by atoms with Crippen LogP contribution in [0.4, 0.5) is 10.8 Å². The molecule has 1 aliphatic heterocycles. The summed E-state index contributed by atoms with van der Waals surface area (Å²) in [5, 5.41) is 11.9. The molecule has 0 radical (unpaired) electrons. The molecule has 3 aromatic rings. The number of halogens is 1. The van der Waals surface area contributed by atoms with E-state index in [1.807, 2.05) is 6.92 Å². The molecule has 0 bridgehead atoms. The Kier molecular flexibility index (Phi) is 6.27. The van der Waals surface area contributed by atoms with Crippen molar-refractivity contribution in [2.75, 3.05) is 22.5 Å². The van der Waals surface area contributed by atoms with Crippen molar-refractivity contribution in [3.8, 4) is 0 Å². The molecule has 0 spiro atoms. The van der Waals surface area contributed by atoms with E-state index in [1.54, 1.807) is 41.3 Å². The zero-order chi connectivity index (χ0) is 22.9. The highest BCUT2D eigenvalue weighted by molar-refractivity contribution is 7.92. The average Bonchev–Trinajstić information content (AvgIpc) is 3.35. The average molecular weight is 491 g/mol. The van der Waals surface area contributed by atoms with Gasteiger partial charge in [0, 0.05) is 29.6 Å². The molecule has 1 atom stereocenters. The summed E-state index contributed by atoms with van der Waals surface area (Å²) < 4.78 is 24.9. The van der Waals surface area contributed by atoms with Gasteiger partial charge in [-0.2, -0.15) is 0 Å². The first-order valence-electron chi connectivity index (χ1n) is 9.70. The second-order valence-corrected chi connectivity index (χ2v) is 10.9. The SMILES string of the molecule is Cc1ccc(S(=O)(=O)CC(=O)Nc2nnc(C3CC(=O)N(c4ccc(Cl)cc4)C3)s2)cc1. The quantitative estimate of drug-likeness (QED) is 0.567. The third-order valence-corrected chi connectivity index (χ3v) is 7.89. The highest BCUT2D eigenvalue weighted by atomic mass is 35.5. The lowest BCUT2D eigenvalue weighted by molar-refractivity contribution is -0.117. The maximum atomic E-state index is 12.5. The first kappa shape index (κ1) is 22.4. The predicted octanol–water partition coefficient (Wildman–Crippen LogP) is 3.43. The molecule has 2 amide bonds. The van der Waals surface area contributed by atoms with Crippen molar-refractivity contribution in [1.82, 2.24) is 10.2 Å². The molecule has 1 saturated heterocycles. The first-order chi connectivity index (χ1) is 15.2. The smallest absolute Gasteiger partial charge is 0.241 e. The maximum Gasteiger partial charge on any atom is 0.241 e. The van der Waals surface area contributed by atoms with E-state index in [1.165, 1.54) is 12.1 Å². The summed E-state index contributed by atoms with van der Waals surface area (Å²) in [5.74, 6) is -1.60. The highest BCUT2D eigenvalue weighted by Gasteiger charge is 2.34. The van der Waals surface area contributed by atoms with Crippen LogP contribution in [-0.4, -0.2) is 42.7 Å². The summed E-state index contributed by atoms with van der Waals surface area (Å²) in [5.41, 5.74) is 1.68. The number of hydrogen-bond acceptors (Lipinski definition) is 7. The Hall–Kier alpha value is -2.82. The number of aromatic nitrogens is 2. The van der Waals surface area contributed by atoms with Crippen molar-refractivity contribution in [3.63, 3.8) is 0 Å². The van der Waals surface area contributed by atoms with Crippen LogP contribution in [0.5, 0.6) is 0 Å². The van der Waals surface area contributed by atoms with E-state index in [4.69, 9.17) is 11.6 Å². The van der Waals surface area contributed by atoms with E-state index >= 15 is 0 Å². The van der Waals surface area contributed by atoms with Crippen LogP contribution < -0.4 is 10.2 Å². The third kappa shape index (κ3) is 4.98. The highest BCUT2D eigenvalue weighted by Crippen LogP contribution is 2.34. The maximum absolute atomic E-state index is 12.5. The Morgan fingerprint density at radius 3 is 2.53 bits per heavy atom. The molecule has 1 N–H and O–H groups in total. The number of hydrogen-bond donors (Lipinski definition) is 1. The van der Waals surface area contributed by atoms with Gasteiger partial charge in [0.25, 0.3) is 0 Å². The lowest BCUT2D eigenvalue weighted by atomic mass is 10.1. The van der Waals surface area contributed by atoms with E-state index < -0.39 is 21.5 Å². The minimum atomic E-state index is -3.77. The molecular weight excluding hydrogens is 472 g/mol. The number of benzene rings is 2. The van der Waals surface area contributed by atoms with Gasteiger partial charge in [-0.15, -0.1) is 10.2 Å². The number of anilines is 2. The molecule has 1 aromatic heterocycles. The number of carbonyl (C=O) groups excluding carboxylic acids is 2. The van der Waals surface area contributed by atoms with E-state index in [2.05, 4.69) is 15.5 Å². The molecule has 1 fully saturated rings. The summed E-state index contributed by atoms with van der Waals surface area (Å²) in [4.78, 5) is 26.5. The standard InChI is InChI=1S/C21H19ClN4O4S2/c1-13-2-8-17(9-3-13)32(29,30)12-18(27)23-21-25-24-20(31-21)14-10-19(28)26(11-14)16-6-4-15(22)5-7-16/h2-9,14H,10-12H2,1H3,(H,23,25,27). The summed E-state index contributed by atoms with van der Waals surface area (Å²) >= 11 is 7.05. The number of aryl methyl sites for hydroxylation is 1. The molecule has 0 saturated carbocycles. The molecule has 2 aromatic carbocycles. The normalized spacial score (nSPS) is 16.4. The summed E-state index contributed by atoms with van der Waals surface area (Å²) in [6.45, 7) is 2.29. The third-order valence-electron chi connectivity index (χ3n) is 5.00. The Morgan fingerprint density at radius 2 is 1.84 bits per heavy atom. The van der Waals surface area contributed by atoms with E-state index in [9.17, 15) is 18.0 Å². The lowest BCUT2D eigenvalue weighted by Gasteiger charge is -2.16. The van der Waals surface area contributed by atoms with Crippen molar-refractivity contribution in [2.45, 2.75) is 24.2 Å². The number of rotatable bonds is 6. The Morgan fingerprint density at radius 1 is 1.16 bits per heavy atom. The van der Waals surface area contributed by atoms with Gasteiger partial charge in [-0.1, -0.05) is 40.6 Å². The van der Waals surface area contributed by atoms with Crippen LogP contribution in [0.15, 0.2) is 53.4 Å². The van der Waals surface area contributed by atoms with Crippen molar-refractivity contribution >= 4 is 55.4 Å². The second kappa shape index (κ2) is 8.97. The van der Waals surface area contributed by atoms with Gasteiger partial charge in [0.1, 0.15) is 10.8 Å². The number of nitrogens with zero attached hydrogens (tertiary/aromatic N) is 3. The van der Waals surface area contributed by atoms with Crippen molar-refractivity contribution in [2.24, 2.45) is 0 Å². The molecule has 8 nitrogen and oxygen atoms in total. The molecule has 32 heavy (non-hydrogen) atoms. The number of nitrogens with one attached hydrogen (secondary N) is 1. The van der Waals surface area contributed by atoms with Crippen molar-refractivity contribution in [1.29, 1.82) is 0 Å². The molecule has 2 heterocycles. The fourth-order valence-electron chi connectivity index (χ4n) is 3.35. The molecular formula is C21H19ClN4O4S2. The molecule has 166 valence electrons. The van der Waals surface area contributed by atoms with Gasteiger partial charge in [-0.05, 0) is 43.3 Å². The molecule has 11 heteroatoms. The van der Waals surface area contributed by atoms with Crippen molar-refractivity contribution < 1.29 is 18.0 Å². The van der Waals surface area contributed by atoms with Crippen LogP contribution >= 0.6 is 22.9 Å². The fourth-order valence-corrected chi connectivity index (χ4v) is 5.46. The van der Waals surface area contributed by atoms with E-state index in [-0.39, 0.29) is 28.3 Å². The van der Waals surface area contributed by atoms with Gasteiger partial charge < -0.3 is 4.90 Å². The number of sulfone groups is 1. The number of amides is 2. The molecule has 0 aliphatic carbocycles. The van der Waals surface area contributed by atoms with Gasteiger partial charge in [0.05, 0.1) is 4.90 Å². The van der Waals surface area contributed by atoms with Crippen molar-refractivity contribution in [3.05, 3.63) is 64.1 Å². The molecule has 1 aliphatic rings. The summed E-state index contributed by atoms with van der Waals surface area (Å²) in [6.07, 6.45) is 0.271. The van der Waals surface area contributed by atoms with Crippen LogP contribution in [0, 0.1) is 6.92 Å². The van der Waals surface area contributed by atoms with Crippen LogP contribution in [0.25, 0.3) is 0 Å². The van der Waals surface area contributed by atoms with E-state index in [0.29, 0.717) is 16.6 Å². The number of carbonyl (C=O) groups is 2. The van der Waals surface area contributed by atoms with Gasteiger partial charge in [-0.25, -0.2) is 8.42 Å². The van der Waals surface area contributed by atoms with Crippen LogP contribution in [-0.2, 0) is 19.4 Å². The van der Waals surface area contributed by atoms with E-state index in [0.717, 1.165) is 22.6 Å². The van der Waals surface area contributed by atoms with Gasteiger partial charge in [0.2, 0.25) is 16.9 Å². The van der Waals surface area contributed by atoms with Crippen LogP contribution in [0.2, 0.25) is 5.02 Å². The van der Waals surface area contributed by atoms with Gasteiger partial charge in [0.15, 0.2) is 9.84 Å². The summed E-state index contributed by atoms with van der Waals surface area (Å²) in [7, 11) is -3.77. The summed E-state index contributed by atoms with van der Waals surface area (Å²) in [6, 6.07) is 13.3. The monoisotopic (exact) mass is 490 g/mol.